The van der Waals surface area contributed by atoms with E-state index in [0.717, 1.165) is 17.0 Å². The topological polar surface area (TPSA) is 88.6 Å². The average Bonchev–Trinajstić information content (AvgIpc) is 2.95. The molecule has 0 fully saturated rings. The molecular weight excluding hydrogens is 327 g/mol. The second-order valence-corrected chi connectivity index (χ2v) is 4.89. The third-order valence-electron chi connectivity index (χ3n) is 2.80. The van der Waals surface area contributed by atoms with Crippen molar-refractivity contribution in [2.45, 2.75) is 0 Å². The van der Waals surface area contributed by atoms with Gasteiger partial charge in [0.05, 0.1) is 12.8 Å². The van der Waals surface area contributed by atoms with Gasteiger partial charge in [0.1, 0.15) is 5.75 Å². The van der Waals surface area contributed by atoms with Crippen LogP contribution in [0.15, 0.2) is 30.3 Å². The lowest BCUT2D eigenvalue weighted by Crippen LogP contribution is -1.99. The number of H-pyrrole nitrogens is 1. The van der Waals surface area contributed by atoms with Crippen LogP contribution in [0.1, 0.15) is 0 Å². The van der Waals surface area contributed by atoms with Crippen LogP contribution in [0, 0.1) is 0 Å². The highest BCUT2D eigenvalue weighted by atomic mass is 35.5. The number of hydrogen-bond donors (Lipinski definition) is 2. The number of methoxy groups -OCH3 is 1. The van der Waals surface area contributed by atoms with Crippen LogP contribution in [-0.2, 0) is 0 Å². The van der Waals surface area contributed by atoms with Crippen molar-refractivity contribution in [1.29, 1.82) is 0 Å². The van der Waals surface area contributed by atoms with Gasteiger partial charge in [0.25, 0.3) is 0 Å². The van der Waals surface area contributed by atoms with Gasteiger partial charge in [-0.3, -0.25) is 5.10 Å². The van der Waals surface area contributed by atoms with Crippen LogP contribution in [0.4, 0.5) is 11.8 Å². The highest BCUT2D eigenvalue weighted by molar-refractivity contribution is 6.31. The summed E-state index contributed by atoms with van der Waals surface area (Å²) >= 11 is 11.4. The molecule has 2 N–H and O–H groups in total. The zero-order chi connectivity index (χ0) is 15.5. The van der Waals surface area contributed by atoms with E-state index in [1.54, 1.807) is 7.11 Å². The fourth-order valence-electron chi connectivity index (χ4n) is 1.80. The molecule has 22 heavy (non-hydrogen) atoms. The Balaban J connectivity index is 1.80. The van der Waals surface area contributed by atoms with Gasteiger partial charge in [-0.2, -0.15) is 20.1 Å². The molecule has 0 spiro atoms. The summed E-state index contributed by atoms with van der Waals surface area (Å²) in [5, 5.41) is 9.97. The van der Waals surface area contributed by atoms with Crippen LogP contribution < -0.4 is 10.1 Å². The Morgan fingerprint density at radius 3 is 2.36 bits per heavy atom. The Bertz CT molecular complexity index is 769. The van der Waals surface area contributed by atoms with Crippen molar-refractivity contribution in [1.82, 2.24) is 25.1 Å². The lowest BCUT2D eigenvalue weighted by Gasteiger charge is -2.01. The number of ether oxygens (including phenoxy) is 1. The van der Waals surface area contributed by atoms with Crippen molar-refractivity contribution >= 4 is 35.0 Å². The van der Waals surface area contributed by atoms with Crippen molar-refractivity contribution in [2.75, 3.05) is 12.4 Å². The number of benzene rings is 1. The summed E-state index contributed by atoms with van der Waals surface area (Å²) in [5.74, 6) is 1.54. The maximum atomic E-state index is 5.72. The molecule has 0 radical (unpaired) electrons. The van der Waals surface area contributed by atoms with Crippen molar-refractivity contribution in [3.8, 4) is 17.0 Å². The number of halogens is 2. The highest BCUT2D eigenvalue weighted by Gasteiger charge is 2.07. The molecule has 0 aliphatic carbocycles. The Hall–Kier alpha value is -2.38. The molecule has 2 aromatic heterocycles. The lowest BCUT2D eigenvalue weighted by molar-refractivity contribution is 0.415. The normalized spacial score (nSPS) is 10.5. The van der Waals surface area contributed by atoms with Crippen molar-refractivity contribution in [2.24, 2.45) is 0 Å². The molecule has 0 atom stereocenters. The minimum Gasteiger partial charge on any atom is -0.497 e. The molecule has 0 bridgehead atoms. The van der Waals surface area contributed by atoms with E-state index in [4.69, 9.17) is 27.9 Å². The second-order valence-electron chi connectivity index (χ2n) is 4.22. The molecular formula is C13H10Cl2N6O. The van der Waals surface area contributed by atoms with E-state index in [0.29, 0.717) is 5.82 Å². The minimum absolute atomic E-state index is 0.00779. The van der Waals surface area contributed by atoms with E-state index in [-0.39, 0.29) is 16.5 Å². The Labute approximate surface area is 135 Å². The Morgan fingerprint density at radius 1 is 1.05 bits per heavy atom. The molecule has 0 aliphatic heterocycles. The van der Waals surface area contributed by atoms with Gasteiger partial charge in [-0.25, -0.2) is 0 Å². The first-order valence-corrected chi connectivity index (χ1v) is 6.93. The van der Waals surface area contributed by atoms with Gasteiger partial charge in [0.15, 0.2) is 5.82 Å². The number of aromatic nitrogens is 5. The summed E-state index contributed by atoms with van der Waals surface area (Å²) < 4.78 is 5.13. The SMILES string of the molecule is COc1ccc(-c2cc(Nc3nc(Cl)nc(Cl)n3)n[nH]2)cc1. The maximum Gasteiger partial charge on any atom is 0.234 e. The van der Waals surface area contributed by atoms with Crippen LogP contribution in [0.5, 0.6) is 5.75 Å². The molecule has 9 heteroatoms. The third kappa shape index (κ3) is 3.26. The minimum atomic E-state index is 0.00779. The zero-order valence-corrected chi connectivity index (χ0v) is 12.9. The van der Waals surface area contributed by atoms with Crippen LogP contribution in [0.3, 0.4) is 0 Å². The smallest absolute Gasteiger partial charge is 0.234 e. The molecule has 0 amide bonds. The molecule has 2 heterocycles. The van der Waals surface area contributed by atoms with E-state index >= 15 is 0 Å². The monoisotopic (exact) mass is 336 g/mol. The molecule has 0 saturated heterocycles. The number of nitrogens with one attached hydrogen (secondary N) is 2. The summed E-state index contributed by atoms with van der Waals surface area (Å²) in [6, 6.07) is 9.40. The largest absolute Gasteiger partial charge is 0.497 e. The van der Waals surface area contributed by atoms with Crippen molar-refractivity contribution < 1.29 is 4.74 Å². The van der Waals surface area contributed by atoms with Crippen LogP contribution in [0.2, 0.25) is 10.6 Å². The van der Waals surface area contributed by atoms with Gasteiger partial charge in [0, 0.05) is 6.07 Å². The number of hydrogen-bond acceptors (Lipinski definition) is 6. The number of aromatic amines is 1. The standard InChI is InChI=1S/C13H10Cl2N6O/c1-22-8-4-2-7(3-5-8)9-6-10(21-20-9)16-13-18-11(14)17-12(15)19-13/h2-6H,1H3,(H2,16,17,18,19,20,21). The third-order valence-corrected chi connectivity index (χ3v) is 3.14. The van der Waals surface area contributed by atoms with E-state index in [9.17, 15) is 0 Å². The highest BCUT2D eigenvalue weighted by Crippen LogP contribution is 2.23. The van der Waals surface area contributed by atoms with Crippen molar-refractivity contribution in [3.05, 3.63) is 40.9 Å². The molecule has 1 aromatic carbocycles. The van der Waals surface area contributed by atoms with E-state index in [1.807, 2.05) is 30.3 Å². The first kappa shape index (κ1) is 14.6. The predicted octanol–water partition coefficient (Wildman–Crippen LogP) is 3.32. The van der Waals surface area contributed by atoms with Crippen LogP contribution in [-0.4, -0.2) is 32.3 Å². The predicted molar refractivity (Wildman–Crippen MR) is 83.7 cm³/mol. The van der Waals surface area contributed by atoms with Crippen LogP contribution in [0.25, 0.3) is 11.3 Å². The Kier molecular flexibility index (Phi) is 4.08. The second kappa shape index (κ2) is 6.17. The summed E-state index contributed by atoms with van der Waals surface area (Å²) in [6.07, 6.45) is 0. The molecule has 0 unspecified atom stereocenters. The average molecular weight is 337 g/mol. The first-order valence-electron chi connectivity index (χ1n) is 6.18. The summed E-state index contributed by atoms with van der Waals surface area (Å²) in [7, 11) is 1.62. The molecule has 112 valence electrons. The fraction of sp³-hybridized carbons (Fsp3) is 0.0769. The van der Waals surface area contributed by atoms with E-state index in [2.05, 4.69) is 30.5 Å². The number of anilines is 2. The van der Waals surface area contributed by atoms with Crippen molar-refractivity contribution in [3.63, 3.8) is 0 Å². The summed E-state index contributed by atoms with van der Waals surface area (Å²) in [6.45, 7) is 0. The van der Waals surface area contributed by atoms with Crippen LogP contribution >= 0.6 is 23.2 Å². The Morgan fingerprint density at radius 2 is 1.73 bits per heavy atom. The quantitative estimate of drug-likeness (QED) is 0.759. The van der Waals surface area contributed by atoms with Gasteiger partial charge >= 0.3 is 0 Å². The summed E-state index contributed by atoms with van der Waals surface area (Å²) in [4.78, 5) is 11.5. The molecule has 3 aromatic rings. The molecule has 3 rings (SSSR count). The number of rotatable bonds is 4. The van der Waals surface area contributed by atoms with Gasteiger partial charge in [-0.15, -0.1) is 0 Å². The molecule has 0 saturated carbocycles. The van der Waals surface area contributed by atoms with E-state index in [1.165, 1.54) is 0 Å². The lowest BCUT2D eigenvalue weighted by atomic mass is 10.1. The number of nitrogens with zero attached hydrogens (tertiary/aromatic N) is 4. The maximum absolute atomic E-state index is 5.72. The van der Waals surface area contributed by atoms with Gasteiger partial charge < -0.3 is 10.1 Å². The van der Waals surface area contributed by atoms with Gasteiger partial charge in [0.2, 0.25) is 16.5 Å². The van der Waals surface area contributed by atoms with Gasteiger partial charge in [-0.1, -0.05) is 0 Å². The first-order chi connectivity index (χ1) is 10.6. The summed E-state index contributed by atoms with van der Waals surface area (Å²) in [5.41, 5.74) is 1.80. The van der Waals surface area contributed by atoms with E-state index < -0.39 is 0 Å². The molecule has 7 nitrogen and oxygen atoms in total. The van der Waals surface area contributed by atoms with Gasteiger partial charge in [-0.05, 0) is 53.0 Å². The zero-order valence-electron chi connectivity index (χ0n) is 11.3. The molecule has 0 aliphatic rings. The fourth-order valence-corrected chi connectivity index (χ4v) is 2.16.